The van der Waals surface area contributed by atoms with Crippen molar-refractivity contribution in [2.45, 2.75) is 50.2 Å². The summed E-state index contributed by atoms with van der Waals surface area (Å²) in [5, 5.41) is 0. The van der Waals surface area contributed by atoms with E-state index < -0.39 is 10.0 Å². The Kier molecular flexibility index (Phi) is 3.71. The van der Waals surface area contributed by atoms with Crippen LogP contribution in [0.3, 0.4) is 0 Å². The molecule has 0 amide bonds. The molecule has 1 saturated carbocycles. The zero-order valence-electron chi connectivity index (χ0n) is 12.5. The second kappa shape index (κ2) is 5.26. The largest absolute Gasteiger partial charge is 0.399 e. The fourth-order valence-electron chi connectivity index (χ4n) is 3.70. The van der Waals surface area contributed by atoms with E-state index in [9.17, 15) is 8.42 Å². The van der Waals surface area contributed by atoms with Gasteiger partial charge in [0.25, 0.3) is 0 Å². The molecular formula is C15H22N2O3S. The van der Waals surface area contributed by atoms with Crippen molar-refractivity contribution >= 4 is 15.7 Å². The lowest BCUT2D eigenvalue weighted by Gasteiger charge is -2.37. The molecule has 0 radical (unpaired) electrons. The molecule has 21 heavy (non-hydrogen) atoms. The Morgan fingerprint density at radius 2 is 1.90 bits per heavy atom. The van der Waals surface area contributed by atoms with Crippen molar-refractivity contribution in [1.29, 1.82) is 0 Å². The predicted molar refractivity (Wildman–Crippen MR) is 81.6 cm³/mol. The van der Waals surface area contributed by atoms with Crippen molar-refractivity contribution in [3.8, 4) is 0 Å². The number of hydrogen-bond acceptors (Lipinski definition) is 4. The molecule has 1 heterocycles. The maximum absolute atomic E-state index is 13.1. The van der Waals surface area contributed by atoms with Gasteiger partial charge in [0.2, 0.25) is 10.0 Å². The molecule has 1 saturated heterocycles. The van der Waals surface area contributed by atoms with E-state index in [-0.39, 0.29) is 12.1 Å². The fraction of sp³-hybridized carbons (Fsp3) is 0.600. The highest BCUT2D eigenvalue weighted by Crippen LogP contribution is 2.35. The van der Waals surface area contributed by atoms with E-state index in [1.165, 1.54) is 0 Å². The first-order valence-electron chi connectivity index (χ1n) is 7.41. The maximum atomic E-state index is 13.1. The van der Waals surface area contributed by atoms with Crippen LogP contribution in [-0.4, -0.2) is 38.0 Å². The number of rotatable bonds is 2. The second-order valence-electron chi connectivity index (χ2n) is 6.01. The number of sulfonamides is 1. The topological polar surface area (TPSA) is 72.6 Å². The molecule has 0 spiro atoms. The number of aryl methyl sites for hydroxylation is 2. The SMILES string of the molecule is Cc1cc(N)cc(C)c1S(=O)(=O)N1CCOC2CCCC21. The number of nitrogen functional groups attached to an aromatic ring is 1. The molecule has 1 aliphatic heterocycles. The first kappa shape index (κ1) is 14.8. The molecule has 116 valence electrons. The van der Waals surface area contributed by atoms with Gasteiger partial charge in [-0.1, -0.05) is 0 Å². The van der Waals surface area contributed by atoms with Gasteiger partial charge < -0.3 is 10.5 Å². The third kappa shape index (κ3) is 2.45. The lowest BCUT2D eigenvalue weighted by molar-refractivity contribution is -0.0242. The molecule has 1 aliphatic carbocycles. The van der Waals surface area contributed by atoms with E-state index in [0.717, 1.165) is 19.3 Å². The van der Waals surface area contributed by atoms with Crippen molar-refractivity contribution in [3.05, 3.63) is 23.3 Å². The summed E-state index contributed by atoms with van der Waals surface area (Å²) in [7, 11) is -3.50. The van der Waals surface area contributed by atoms with Crippen LogP contribution in [0.4, 0.5) is 5.69 Å². The van der Waals surface area contributed by atoms with Crippen LogP contribution in [0, 0.1) is 13.8 Å². The van der Waals surface area contributed by atoms with Crippen LogP contribution in [0.15, 0.2) is 17.0 Å². The summed E-state index contributed by atoms with van der Waals surface area (Å²) in [6.07, 6.45) is 2.93. The normalized spacial score (nSPS) is 26.8. The summed E-state index contributed by atoms with van der Waals surface area (Å²) >= 11 is 0. The van der Waals surface area contributed by atoms with Crippen LogP contribution in [-0.2, 0) is 14.8 Å². The third-order valence-electron chi connectivity index (χ3n) is 4.48. The van der Waals surface area contributed by atoms with Crippen LogP contribution in [0.5, 0.6) is 0 Å². The summed E-state index contributed by atoms with van der Waals surface area (Å²) < 4.78 is 33.6. The Morgan fingerprint density at radius 3 is 2.57 bits per heavy atom. The number of anilines is 1. The van der Waals surface area contributed by atoms with Gasteiger partial charge in [-0.2, -0.15) is 4.31 Å². The summed E-state index contributed by atoms with van der Waals surface area (Å²) in [6.45, 7) is 4.53. The quantitative estimate of drug-likeness (QED) is 0.846. The van der Waals surface area contributed by atoms with E-state index in [0.29, 0.717) is 34.9 Å². The zero-order valence-corrected chi connectivity index (χ0v) is 13.3. The summed E-state index contributed by atoms with van der Waals surface area (Å²) in [5.74, 6) is 0. The van der Waals surface area contributed by atoms with Gasteiger partial charge in [-0.15, -0.1) is 0 Å². The molecule has 3 rings (SSSR count). The average Bonchev–Trinajstić information content (AvgIpc) is 2.84. The Labute approximate surface area is 126 Å². The zero-order chi connectivity index (χ0) is 15.2. The number of benzene rings is 1. The van der Waals surface area contributed by atoms with Crippen LogP contribution in [0.2, 0.25) is 0 Å². The molecule has 1 aromatic rings. The number of fused-ring (bicyclic) bond motifs is 1. The van der Waals surface area contributed by atoms with E-state index in [4.69, 9.17) is 10.5 Å². The minimum absolute atomic E-state index is 0.0138. The molecule has 2 fully saturated rings. The number of nitrogens with two attached hydrogens (primary N) is 1. The van der Waals surface area contributed by atoms with Gasteiger partial charge in [-0.3, -0.25) is 0 Å². The molecular weight excluding hydrogens is 288 g/mol. The fourth-order valence-corrected chi connectivity index (χ4v) is 5.78. The number of ether oxygens (including phenoxy) is 1. The van der Waals surface area contributed by atoms with Crippen LogP contribution >= 0.6 is 0 Å². The van der Waals surface area contributed by atoms with E-state index in [1.54, 1.807) is 16.4 Å². The monoisotopic (exact) mass is 310 g/mol. The number of hydrogen-bond donors (Lipinski definition) is 1. The molecule has 0 aromatic heterocycles. The van der Waals surface area contributed by atoms with Crippen molar-refractivity contribution < 1.29 is 13.2 Å². The van der Waals surface area contributed by atoms with Gasteiger partial charge in [0.1, 0.15) is 0 Å². The molecule has 1 aromatic carbocycles. The molecule has 2 atom stereocenters. The highest BCUT2D eigenvalue weighted by Gasteiger charge is 2.43. The van der Waals surface area contributed by atoms with Gasteiger partial charge in [0, 0.05) is 12.2 Å². The molecule has 6 heteroatoms. The summed E-state index contributed by atoms with van der Waals surface area (Å²) in [4.78, 5) is 0.407. The summed E-state index contributed by atoms with van der Waals surface area (Å²) in [5.41, 5.74) is 7.84. The standard InChI is InChI=1S/C15H22N2O3S/c1-10-8-12(16)9-11(2)15(10)21(18,19)17-6-7-20-14-5-3-4-13(14)17/h8-9,13-14H,3-7,16H2,1-2H3. The first-order valence-corrected chi connectivity index (χ1v) is 8.85. The van der Waals surface area contributed by atoms with Crippen molar-refractivity contribution in [1.82, 2.24) is 4.31 Å². The highest BCUT2D eigenvalue weighted by molar-refractivity contribution is 7.89. The minimum Gasteiger partial charge on any atom is -0.399 e. The minimum atomic E-state index is -3.50. The lowest BCUT2D eigenvalue weighted by atomic mass is 10.1. The van der Waals surface area contributed by atoms with E-state index in [2.05, 4.69) is 0 Å². The Hall–Kier alpha value is -1.11. The van der Waals surface area contributed by atoms with Crippen LogP contribution in [0.1, 0.15) is 30.4 Å². The molecule has 2 N–H and O–H groups in total. The molecule has 0 bridgehead atoms. The number of nitrogens with zero attached hydrogens (tertiary/aromatic N) is 1. The number of morpholine rings is 1. The van der Waals surface area contributed by atoms with Crippen LogP contribution < -0.4 is 5.73 Å². The molecule has 2 aliphatic rings. The van der Waals surface area contributed by atoms with Crippen molar-refractivity contribution in [2.75, 3.05) is 18.9 Å². The predicted octanol–water partition coefficient (Wildman–Crippen LogP) is 1.83. The molecule has 5 nitrogen and oxygen atoms in total. The van der Waals surface area contributed by atoms with Crippen molar-refractivity contribution in [3.63, 3.8) is 0 Å². The highest BCUT2D eigenvalue weighted by atomic mass is 32.2. The van der Waals surface area contributed by atoms with Gasteiger partial charge in [0.05, 0.1) is 23.6 Å². The third-order valence-corrected chi connectivity index (χ3v) is 6.71. The first-order chi connectivity index (χ1) is 9.91. The summed E-state index contributed by atoms with van der Waals surface area (Å²) in [6, 6.07) is 3.44. The Balaban J connectivity index is 2.04. The van der Waals surface area contributed by atoms with Gasteiger partial charge in [-0.25, -0.2) is 8.42 Å². The van der Waals surface area contributed by atoms with Crippen molar-refractivity contribution in [2.24, 2.45) is 0 Å². The van der Waals surface area contributed by atoms with E-state index >= 15 is 0 Å². The van der Waals surface area contributed by atoms with E-state index in [1.807, 2.05) is 13.8 Å². The lowest BCUT2D eigenvalue weighted by Crippen LogP contribution is -2.51. The average molecular weight is 310 g/mol. The van der Waals surface area contributed by atoms with Gasteiger partial charge >= 0.3 is 0 Å². The van der Waals surface area contributed by atoms with Gasteiger partial charge in [-0.05, 0) is 56.4 Å². The second-order valence-corrected chi connectivity index (χ2v) is 7.83. The Morgan fingerprint density at radius 1 is 1.24 bits per heavy atom. The molecule has 2 unspecified atom stereocenters. The van der Waals surface area contributed by atoms with Crippen LogP contribution in [0.25, 0.3) is 0 Å². The maximum Gasteiger partial charge on any atom is 0.244 e. The Bertz CT molecular complexity index is 634. The van der Waals surface area contributed by atoms with Gasteiger partial charge in [0.15, 0.2) is 0 Å². The smallest absolute Gasteiger partial charge is 0.244 e.